The maximum Gasteiger partial charge on any atom is 0.224 e. The van der Waals surface area contributed by atoms with Gasteiger partial charge in [0.2, 0.25) is 5.91 Å². The van der Waals surface area contributed by atoms with Gasteiger partial charge in [0.25, 0.3) is 0 Å². The van der Waals surface area contributed by atoms with Crippen LogP contribution in [0.3, 0.4) is 0 Å². The van der Waals surface area contributed by atoms with Crippen molar-refractivity contribution < 1.29 is 4.79 Å². The molecule has 0 spiro atoms. The van der Waals surface area contributed by atoms with E-state index in [1.807, 2.05) is 0 Å². The van der Waals surface area contributed by atoms with Crippen molar-refractivity contribution in [2.24, 2.45) is 11.8 Å². The first-order valence-electron chi connectivity index (χ1n) is 7.32. The van der Waals surface area contributed by atoms with Gasteiger partial charge in [0, 0.05) is 18.8 Å². The van der Waals surface area contributed by atoms with Crippen molar-refractivity contribution in [1.29, 1.82) is 0 Å². The normalized spacial score (nSPS) is 18.4. The molecule has 19 heavy (non-hydrogen) atoms. The highest BCUT2D eigenvalue weighted by Crippen LogP contribution is 2.45. The minimum atomic E-state index is 0.0644. The third kappa shape index (κ3) is 3.28. The van der Waals surface area contributed by atoms with Crippen molar-refractivity contribution in [2.75, 3.05) is 12.4 Å². The molecule has 102 valence electrons. The van der Waals surface area contributed by atoms with Crippen molar-refractivity contribution in [3.8, 4) is 0 Å². The van der Waals surface area contributed by atoms with Crippen LogP contribution in [0.2, 0.25) is 0 Å². The predicted molar refractivity (Wildman–Crippen MR) is 77.1 cm³/mol. The zero-order chi connectivity index (χ0) is 13.2. The minimum absolute atomic E-state index is 0.0644. The summed E-state index contributed by atoms with van der Waals surface area (Å²) in [4.78, 5) is 11.3. The molecule has 2 saturated carbocycles. The second-order valence-corrected chi connectivity index (χ2v) is 5.89. The molecule has 0 aliphatic heterocycles. The molecule has 0 atom stereocenters. The molecule has 1 amide bonds. The van der Waals surface area contributed by atoms with Gasteiger partial charge in [0.15, 0.2) is 0 Å². The predicted octanol–water partition coefficient (Wildman–Crippen LogP) is 2.58. The summed E-state index contributed by atoms with van der Waals surface area (Å²) in [6, 6.07) is 9.00. The van der Waals surface area contributed by atoms with Gasteiger partial charge in [-0.3, -0.25) is 4.79 Å². The van der Waals surface area contributed by atoms with Crippen molar-refractivity contribution in [3.63, 3.8) is 0 Å². The van der Waals surface area contributed by atoms with Gasteiger partial charge in [0.05, 0.1) is 6.42 Å². The summed E-state index contributed by atoms with van der Waals surface area (Å²) in [5.74, 6) is 1.87. The number of nitrogens with one attached hydrogen (secondary N) is 2. The Labute approximate surface area is 114 Å². The Morgan fingerprint density at radius 2 is 1.74 bits per heavy atom. The molecule has 2 aliphatic carbocycles. The maximum absolute atomic E-state index is 11.3. The fraction of sp³-hybridized carbons (Fsp3) is 0.562. The van der Waals surface area contributed by atoms with Crippen LogP contribution in [-0.4, -0.2) is 19.0 Å². The Hall–Kier alpha value is -1.51. The van der Waals surface area contributed by atoms with Gasteiger partial charge < -0.3 is 10.6 Å². The largest absolute Gasteiger partial charge is 0.382 e. The van der Waals surface area contributed by atoms with Crippen LogP contribution in [0.1, 0.15) is 31.2 Å². The van der Waals surface area contributed by atoms with E-state index in [-0.39, 0.29) is 5.91 Å². The highest BCUT2D eigenvalue weighted by Gasteiger charge is 2.41. The molecule has 0 radical (unpaired) electrons. The molecule has 3 rings (SSSR count). The van der Waals surface area contributed by atoms with Crippen LogP contribution in [0.5, 0.6) is 0 Å². The minimum Gasteiger partial charge on any atom is -0.382 e. The van der Waals surface area contributed by atoms with Crippen LogP contribution in [0, 0.1) is 11.8 Å². The van der Waals surface area contributed by atoms with Crippen molar-refractivity contribution >= 4 is 11.6 Å². The van der Waals surface area contributed by atoms with E-state index < -0.39 is 0 Å². The van der Waals surface area contributed by atoms with E-state index in [1.54, 1.807) is 7.05 Å². The molecule has 1 aromatic carbocycles. The summed E-state index contributed by atoms with van der Waals surface area (Å²) in [5.41, 5.74) is 2.27. The number of carbonyl (C=O) groups is 1. The van der Waals surface area contributed by atoms with E-state index in [2.05, 4.69) is 34.9 Å². The van der Waals surface area contributed by atoms with E-state index in [0.29, 0.717) is 12.5 Å². The summed E-state index contributed by atoms with van der Waals surface area (Å²) in [5, 5.41) is 6.35. The monoisotopic (exact) mass is 258 g/mol. The number of rotatable bonds is 6. The van der Waals surface area contributed by atoms with Crippen LogP contribution in [-0.2, 0) is 11.2 Å². The molecule has 0 unspecified atom stereocenters. The summed E-state index contributed by atoms with van der Waals surface area (Å²) >= 11 is 0. The standard InChI is InChI=1S/C16H22N2O/c1-17-15(19)10-11-2-8-14(9-3-11)18-16(12-4-5-12)13-6-7-13/h2-3,8-9,12-13,16,18H,4-7,10H2,1H3,(H,17,19). The number of hydrogen-bond donors (Lipinski definition) is 2. The molecular formula is C16H22N2O. The first-order chi connectivity index (χ1) is 9.26. The Bertz CT molecular complexity index is 434. The Kier molecular flexibility index (Phi) is 3.45. The molecule has 3 heteroatoms. The van der Waals surface area contributed by atoms with Crippen LogP contribution in [0.25, 0.3) is 0 Å². The zero-order valence-electron chi connectivity index (χ0n) is 11.5. The first kappa shape index (κ1) is 12.5. The second-order valence-electron chi connectivity index (χ2n) is 5.89. The SMILES string of the molecule is CNC(=O)Cc1ccc(NC(C2CC2)C2CC2)cc1. The number of hydrogen-bond acceptors (Lipinski definition) is 2. The van der Waals surface area contributed by atoms with Crippen LogP contribution in [0.4, 0.5) is 5.69 Å². The molecular weight excluding hydrogens is 236 g/mol. The Balaban J connectivity index is 1.60. The molecule has 2 fully saturated rings. The van der Waals surface area contributed by atoms with E-state index >= 15 is 0 Å². The molecule has 0 heterocycles. The molecule has 2 N–H and O–H groups in total. The van der Waals surface area contributed by atoms with Gasteiger partial charge in [-0.1, -0.05) is 12.1 Å². The summed E-state index contributed by atoms with van der Waals surface area (Å²) in [6.07, 6.45) is 6.03. The summed E-state index contributed by atoms with van der Waals surface area (Å²) in [6.45, 7) is 0. The van der Waals surface area contributed by atoms with Gasteiger partial charge in [0.1, 0.15) is 0 Å². The number of anilines is 1. The molecule has 3 nitrogen and oxygen atoms in total. The van der Waals surface area contributed by atoms with E-state index in [9.17, 15) is 4.79 Å². The lowest BCUT2D eigenvalue weighted by Gasteiger charge is -2.19. The van der Waals surface area contributed by atoms with Crippen molar-refractivity contribution in [3.05, 3.63) is 29.8 Å². The maximum atomic E-state index is 11.3. The van der Waals surface area contributed by atoms with Crippen LogP contribution >= 0.6 is 0 Å². The zero-order valence-corrected chi connectivity index (χ0v) is 11.5. The average Bonchev–Trinajstić information content (AvgIpc) is 3.30. The molecule has 0 aromatic heterocycles. The van der Waals surface area contributed by atoms with Crippen molar-refractivity contribution in [1.82, 2.24) is 5.32 Å². The summed E-state index contributed by atoms with van der Waals surface area (Å²) < 4.78 is 0. The molecule has 0 saturated heterocycles. The van der Waals surface area contributed by atoms with Crippen LogP contribution < -0.4 is 10.6 Å². The summed E-state index contributed by atoms with van der Waals surface area (Å²) in [7, 11) is 1.67. The van der Waals surface area contributed by atoms with Crippen molar-refractivity contribution in [2.45, 2.75) is 38.1 Å². The molecule has 2 aliphatic rings. The average molecular weight is 258 g/mol. The van der Waals surface area contributed by atoms with E-state index in [1.165, 1.54) is 31.4 Å². The second kappa shape index (κ2) is 5.24. The number of amides is 1. The van der Waals surface area contributed by atoms with Gasteiger partial charge >= 0.3 is 0 Å². The lowest BCUT2D eigenvalue weighted by Crippen LogP contribution is -2.24. The lowest BCUT2D eigenvalue weighted by molar-refractivity contribution is -0.119. The molecule has 1 aromatic rings. The third-order valence-corrected chi connectivity index (χ3v) is 4.19. The Morgan fingerprint density at radius 3 is 2.21 bits per heavy atom. The highest BCUT2D eigenvalue weighted by molar-refractivity contribution is 5.78. The van der Waals surface area contributed by atoms with Gasteiger partial charge in [-0.25, -0.2) is 0 Å². The lowest BCUT2D eigenvalue weighted by atomic mass is 10.1. The number of likely N-dealkylation sites (N-methyl/N-ethyl adjacent to an activating group) is 1. The topological polar surface area (TPSA) is 41.1 Å². The first-order valence-corrected chi connectivity index (χ1v) is 7.32. The smallest absolute Gasteiger partial charge is 0.224 e. The van der Waals surface area contributed by atoms with Gasteiger partial charge in [-0.15, -0.1) is 0 Å². The van der Waals surface area contributed by atoms with E-state index in [4.69, 9.17) is 0 Å². The molecule has 0 bridgehead atoms. The van der Waals surface area contributed by atoms with Gasteiger partial charge in [-0.05, 0) is 55.2 Å². The van der Waals surface area contributed by atoms with Gasteiger partial charge in [-0.2, -0.15) is 0 Å². The number of benzene rings is 1. The fourth-order valence-electron chi connectivity index (χ4n) is 2.72. The quantitative estimate of drug-likeness (QED) is 0.823. The fourth-order valence-corrected chi connectivity index (χ4v) is 2.72. The Morgan fingerprint density at radius 1 is 1.16 bits per heavy atom. The van der Waals surface area contributed by atoms with Crippen LogP contribution in [0.15, 0.2) is 24.3 Å². The third-order valence-electron chi connectivity index (χ3n) is 4.19. The number of carbonyl (C=O) groups excluding carboxylic acids is 1. The van der Waals surface area contributed by atoms with E-state index in [0.717, 1.165) is 17.4 Å². The highest BCUT2D eigenvalue weighted by atomic mass is 16.1.